The summed E-state index contributed by atoms with van der Waals surface area (Å²) in [7, 11) is 0. The second-order valence-corrected chi connectivity index (χ2v) is 5.17. The second kappa shape index (κ2) is 6.79. The van der Waals surface area contributed by atoms with E-state index in [1.54, 1.807) is 0 Å². The van der Waals surface area contributed by atoms with Gasteiger partial charge >= 0.3 is 0 Å². The lowest BCUT2D eigenvalue weighted by Crippen LogP contribution is -2.31. The Balaban J connectivity index is 2.01. The fourth-order valence-corrected chi connectivity index (χ4v) is 2.75. The molecule has 2 unspecified atom stereocenters. The number of hydrogen-bond donors (Lipinski definition) is 1. The van der Waals surface area contributed by atoms with Crippen LogP contribution in [0.1, 0.15) is 51.0 Å². The van der Waals surface area contributed by atoms with Gasteiger partial charge in [0, 0.05) is 6.04 Å². The number of para-hydroxylation sites is 1. The zero-order valence-electron chi connectivity index (χ0n) is 11.6. The van der Waals surface area contributed by atoms with Crippen molar-refractivity contribution >= 4 is 0 Å². The van der Waals surface area contributed by atoms with Crippen LogP contribution in [0.5, 0.6) is 5.75 Å². The van der Waals surface area contributed by atoms with Crippen molar-refractivity contribution < 1.29 is 4.74 Å². The van der Waals surface area contributed by atoms with E-state index < -0.39 is 0 Å². The molecule has 0 aromatic heterocycles. The van der Waals surface area contributed by atoms with Gasteiger partial charge < -0.3 is 10.1 Å². The minimum absolute atomic E-state index is 0.640. The van der Waals surface area contributed by atoms with Crippen LogP contribution in [-0.4, -0.2) is 19.2 Å². The zero-order valence-corrected chi connectivity index (χ0v) is 11.6. The van der Waals surface area contributed by atoms with Gasteiger partial charge in [0.1, 0.15) is 5.75 Å². The van der Waals surface area contributed by atoms with Crippen molar-refractivity contribution in [2.24, 2.45) is 0 Å². The van der Waals surface area contributed by atoms with Crippen molar-refractivity contribution in [2.75, 3.05) is 13.2 Å². The lowest BCUT2D eigenvalue weighted by atomic mass is 9.87. The van der Waals surface area contributed by atoms with E-state index in [-0.39, 0.29) is 0 Å². The van der Waals surface area contributed by atoms with Crippen LogP contribution in [-0.2, 0) is 0 Å². The summed E-state index contributed by atoms with van der Waals surface area (Å²) < 4.78 is 5.73. The lowest BCUT2D eigenvalue weighted by molar-refractivity contribution is 0.254. The number of ether oxygens (including phenoxy) is 1. The van der Waals surface area contributed by atoms with E-state index in [4.69, 9.17) is 4.74 Å². The molecule has 1 aromatic rings. The van der Waals surface area contributed by atoms with Crippen LogP contribution in [0.4, 0.5) is 0 Å². The Morgan fingerprint density at radius 3 is 2.94 bits per heavy atom. The highest BCUT2D eigenvalue weighted by atomic mass is 16.5. The highest BCUT2D eigenvalue weighted by molar-refractivity contribution is 5.37. The molecule has 0 radical (unpaired) electrons. The molecule has 1 aliphatic rings. The van der Waals surface area contributed by atoms with Crippen molar-refractivity contribution in [3.8, 4) is 5.75 Å². The third kappa shape index (κ3) is 3.26. The predicted molar refractivity (Wildman–Crippen MR) is 76.3 cm³/mol. The zero-order chi connectivity index (χ0) is 12.8. The monoisotopic (exact) mass is 247 g/mol. The van der Waals surface area contributed by atoms with Gasteiger partial charge in [-0.05, 0) is 49.8 Å². The van der Waals surface area contributed by atoms with Gasteiger partial charge in [-0.2, -0.15) is 0 Å². The number of fused-ring (bicyclic) bond motifs is 1. The molecule has 2 atom stereocenters. The molecule has 2 rings (SSSR count). The van der Waals surface area contributed by atoms with E-state index in [1.165, 1.54) is 24.8 Å². The molecule has 0 spiro atoms. The summed E-state index contributed by atoms with van der Waals surface area (Å²) in [5.74, 6) is 1.75. The fraction of sp³-hybridized carbons (Fsp3) is 0.625. The molecule has 0 amide bonds. The smallest absolute Gasteiger partial charge is 0.122 e. The lowest BCUT2D eigenvalue weighted by Gasteiger charge is -2.29. The Morgan fingerprint density at radius 1 is 1.33 bits per heavy atom. The summed E-state index contributed by atoms with van der Waals surface area (Å²) in [4.78, 5) is 0. The molecule has 2 nitrogen and oxygen atoms in total. The van der Waals surface area contributed by atoms with E-state index in [0.29, 0.717) is 12.0 Å². The Morgan fingerprint density at radius 2 is 2.17 bits per heavy atom. The molecule has 0 saturated carbocycles. The Hall–Kier alpha value is -1.02. The first kappa shape index (κ1) is 13.4. The maximum atomic E-state index is 5.73. The molecule has 0 aliphatic carbocycles. The van der Waals surface area contributed by atoms with Crippen molar-refractivity contribution in [2.45, 2.75) is 51.5 Å². The highest BCUT2D eigenvalue weighted by Gasteiger charge is 2.23. The molecule has 1 heterocycles. The third-order valence-electron chi connectivity index (χ3n) is 3.83. The van der Waals surface area contributed by atoms with Crippen LogP contribution < -0.4 is 10.1 Å². The van der Waals surface area contributed by atoms with Crippen LogP contribution in [0, 0.1) is 0 Å². The maximum Gasteiger partial charge on any atom is 0.122 e. The summed E-state index contributed by atoms with van der Waals surface area (Å²) in [6.45, 7) is 6.50. The number of benzene rings is 1. The standard InChI is InChI=1S/C16H25NO/c1-3-10-17-14(4-2)12-13-9-11-18-16-8-6-5-7-15(13)16/h5-8,13-14,17H,3-4,9-12H2,1-2H3. The third-order valence-corrected chi connectivity index (χ3v) is 3.83. The molecule has 1 N–H and O–H groups in total. The van der Waals surface area contributed by atoms with Crippen molar-refractivity contribution in [1.82, 2.24) is 5.32 Å². The minimum atomic E-state index is 0.640. The predicted octanol–water partition coefficient (Wildman–Crippen LogP) is 3.72. The number of hydrogen-bond acceptors (Lipinski definition) is 2. The van der Waals surface area contributed by atoms with Gasteiger partial charge in [-0.3, -0.25) is 0 Å². The van der Waals surface area contributed by atoms with Crippen LogP contribution in [0.2, 0.25) is 0 Å². The molecule has 0 bridgehead atoms. The maximum absolute atomic E-state index is 5.73. The quantitative estimate of drug-likeness (QED) is 0.827. The average Bonchev–Trinajstić information content (AvgIpc) is 2.43. The van der Waals surface area contributed by atoms with E-state index in [0.717, 1.165) is 25.3 Å². The first-order valence-corrected chi connectivity index (χ1v) is 7.30. The molecule has 18 heavy (non-hydrogen) atoms. The molecule has 1 aromatic carbocycles. The van der Waals surface area contributed by atoms with Gasteiger partial charge in [0.2, 0.25) is 0 Å². The summed E-state index contributed by atoms with van der Waals surface area (Å²) in [6, 6.07) is 9.16. The van der Waals surface area contributed by atoms with Crippen molar-refractivity contribution in [3.63, 3.8) is 0 Å². The fourth-order valence-electron chi connectivity index (χ4n) is 2.75. The van der Waals surface area contributed by atoms with Gasteiger partial charge in [0.25, 0.3) is 0 Å². The molecule has 0 fully saturated rings. The van der Waals surface area contributed by atoms with Crippen LogP contribution in [0.15, 0.2) is 24.3 Å². The molecular weight excluding hydrogens is 222 g/mol. The first-order valence-electron chi connectivity index (χ1n) is 7.30. The van der Waals surface area contributed by atoms with E-state index in [1.807, 2.05) is 0 Å². The Bertz CT molecular complexity index is 364. The Labute approximate surface area is 111 Å². The van der Waals surface area contributed by atoms with E-state index in [9.17, 15) is 0 Å². The van der Waals surface area contributed by atoms with Gasteiger partial charge in [-0.25, -0.2) is 0 Å². The van der Waals surface area contributed by atoms with Gasteiger partial charge in [0.15, 0.2) is 0 Å². The molecule has 100 valence electrons. The number of nitrogens with one attached hydrogen (secondary N) is 1. The molecule has 1 aliphatic heterocycles. The number of rotatable bonds is 6. The largest absolute Gasteiger partial charge is 0.493 e. The van der Waals surface area contributed by atoms with Crippen LogP contribution >= 0.6 is 0 Å². The van der Waals surface area contributed by atoms with Gasteiger partial charge in [-0.1, -0.05) is 32.0 Å². The van der Waals surface area contributed by atoms with E-state index in [2.05, 4.69) is 43.4 Å². The van der Waals surface area contributed by atoms with Crippen LogP contribution in [0.25, 0.3) is 0 Å². The summed E-state index contributed by atoms with van der Waals surface area (Å²) in [5.41, 5.74) is 1.40. The second-order valence-electron chi connectivity index (χ2n) is 5.17. The topological polar surface area (TPSA) is 21.3 Å². The summed E-state index contributed by atoms with van der Waals surface area (Å²) in [5, 5.41) is 3.66. The highest BCUT2D eigenvalue weighted by Crippen LogP contribution is 2.36. The summed E-state index contributed by atoms with van der Waals surface area (Å²) in [6.07, 6.45) is 4.80. The van der Waals surface area contributed by atoms with E-state index >= 15 is 0 Å². The summed E-state index contributed by atoms with van der Waals surface area (Å²) >= 11 is 0. The van der Waals surface area contributed by atoms with Gasteiger partial charge in [0.05, 0.1) is 6.61 Å². The molecule has 0 saturated heterocycles. The first-order chi connectivity index (χ1) is 8.85. The SMILES string of the molecule is CCCNC(CC)CC1CCOc2ccccc21. The van der Waals surface area contributed by atoms with Crippen molar-refractivity contribution in [3.05, 3.63) is 29.8 Å². The molecule has 2 heteroatoms. The normalized spacial score (nSPS) is 20.0. The van der Waals surface area contributed by atoms with Crippen molar-refractivity contribution in [1.29, 1.82) is 0 Å². The Kier molecular flexibility index (Phi) is 5.06. The average molecular weight is 247 g/mol. The van der Waals surface area contributed by atoms with Gasteiger partial charge in [-0.15, -0.1) is 0 Å². The minimum Gasteiger partial charge on any atom is -0.493 e. The molecular formula is C16H25NO. The van der Waals surface area contributed by atoms with Crippen LogP contribution in [0.3, 0.4) is 0 Å².